The molecule has 0 N–H and O–H groups in total. The number of esters is 1. The highest BCUT2D eigenvalue weighted by atomic mass is 32.2. The van der Waals surface area contributed by atoms with Crippen molar-refractivity contribution in [2.24, 2.45) is 0 Å². The van der Waals surface area contributed by atoms with Crippen LogP contribution in [0.5, 0.6) is 5.75 Å². The van der Waals surface area contributed by atoms with Crippen molar-refractivity contribution in [1.29, 1.82) is 0 Å². The van der Waals surface area contributed by atoms with E-state index in [4.69, 9.17) is 9.47 Å². The Hall–Kier alpha value is -2.35. The van der Waals surface area contributed by atoms with Gasteiger partial charge in [-0.05, 0) is 32.4 Å². The van der Waals surface area contributed by atoms with Crippen molar-refractivity contribution >= 4 is 27.8 Å². The molecular weight excluding hydrogens is 370 g/mol. The molecule has 0 aromatic heterocycles. The second-order valence-corrected chi connectivity index (χ2v) is 8.95. The van der Waals surface area contributed by atoms with Crippen molar-refractivity contribution < 1.29 is 27.5 Å². The number of hydrogen-bond donors (Lipinski definition) is 0. The molecule has 2 heterocycles. The first kappa shape index (κ1) is 19.4. The largest absolute Gasteiger partial charge is 0.488 e. The molecule has 1 amide bonds. The maximum atomic E-state index is 12.7. The molecule has 0 aliphatic carbocycles. The Bertz CT molecular complexity index is 876. The van der Waals surface area contributed by atoms with E-state index in [1.807, 2.05) is 24.3 Å². The summed E-state index contributed by atoms with van der Waals surface area (Å²) in [4.78, 5) is 26.6. The number of carbonyl (C=O) groups is 2. The predicted octanol–water partition coefficient (Wildman–Crippen LogP) is 1.43. The number of fused-ring (bicyclic) bond motifs is 1. The predicted molar refractivity (Wildman–Crippen MR) is 99.9 cm³/mol. The number of likely N-dealkylation sites (N-methyl/N-ethyl adjacent to an activating group) is 1. The molecule has 146 valence electrons. The lowest BCUT2D eigenvalue weighted by atomic mass is 10.1. The molecule has 1 aromatic rings. The molecule has 0 unspecified atom stereocenters. The first-order valence-electron chi connectivity index (χ1n) is 8.95. The van der Waals surface area contributed by atoms with Gasteiger partial charge in [0.05, 0.1) is 17.1 Å². The summed E-state index contributed by atoms with van der Waals surface area (Å²) in [6.07, 6.45) is 1.11. The van der Waals surface area contributed by atoms with Crippen molar-refractivity contribution in [1.82, 2.24) is 4.90 Å². The van der Waals surface area contributed by atoms with Crippen LogP contribution >= 0.6 is 0 Å². The summed E-state index contributed by atoms with van der Waals surface area (Å²) < 4.78 is 34.3. The molecule has 0 spiro atoms. The van der Waals surface area contributed by atoms with Gasteiger partial charge in [0, 0.05) is 18.2 Å². The first-order chi connectivity index (χ1) is 12.8. The average molecular weight is 393 g/mol. The molecule has 0 bridgehead atoms. The maximum Gasteiger partial charge on any atom is 0.338 e. The third-order valence-corrected chi connectivity index (χ3v) is 6.55. The summed E-state index contributed by atoms with van der Waals surface area (Å²) in [7, 11) is -3.11. The highest BCUT2D eigenvalue weighted by Crippen LogP contribution is 2.26. The van der Waals surface area contributed by atoms with E-state index in [2.05, 4.69) is 0 Å². The zero-order valence-corrected chi connectivity index (χ0v) is 16.2. The molecule has 1 saturated heterocycles. The lowest BCUT2D eigenvalue weighted by Gasteiger charge is -2.29. The van der Waals surface area contributed by atoms with Gasteiger partial charge in [0.1, 0.15) is 12.4 Å². The van der Waals surface area contributed by atoms with E-state index < -0.39 is 21.9 Å². The van der Waals surface area contributed by atoms with Crippen LogP contribution in [0, 0.1) is 0 Å². The molecule has 7 nitrogen and oxygen atoms in total. The Labute approximate surface area is 158 Å². The Morgan fingerprint density at radius 2 is 2.07 bits per heavy atom. The topological polar surface area (TPSA) is 90.0 Å². The van der Waals surface area contributed by atoms with E-state index in [0.717, 1.165) is 5.56 Å². The van der Waals surface area contributed by atoms with Crippen molar-refractivity contribution in [3.05, 3.63) is 35.4 Å². The van der Waals surface area contributed by atoms with Crippen molar-refractivity contribution in [3.8, 4) is 5.75 Å². The number of sulfone groups is 1. The van der Waals surface area contributed by atoms with Gasteiger partial charge in [0.2, 0.25) is 0 Å². The van der Waals surface area contributed by atoms with E-state index in [1.165, 1.54) is 11.8 Å². The van der Waals surface area contributed by atoms with Gasteiger partial charge in [0.25, 0.3) is 5.91 Å². The summed E-state index contributed by atoms with van der Waals surface area (Å²) in [5.41, 5.74) is 1.11. The van der Waals surface area contributed by atoms with Crippen molar-refractivity contribution in [2.45, 2.75) is 32.4 Å². The second kappa shape index (κ2) is 7.72. The monoisotopic (exact) mass is 393 g/mol. The molecule has 3 rings (SSSR count). The van der Waals surface area contributed by atoms with Crippen molar-refractivity contribution in [3.63, 3.8) is 0 Å². The quantitative estimate of drug-likeness (QED) is 0.703. The molecule has 2 aliphatic heterocycles. The highest BCUT2D eigenvalue weighted by Gasteiger charge is 2.36. The molecule has 1 fully saturated rings. The Kier molecular flexibility index (Phi) is 5.55. The highest BCUT2D eigenvalue weighted by molar-refractivity contribution is 7.91. The zero-order valence-electron chi connectivity index (χ0n) is 15.4. The van der Waals surface area contributed by atoms with Crippen LogP contribution in [0.25, 0.3) is 6.08 Å². The van der Waals surface area contributed by atoms with E-state index in [9.17, 15) is 18.0 Å². The van der Waals surface area contributed by atoms with Crippen LogP contribution in [-0.2, 0) is 24.2 Å². The Morgan fingerprint density at radius 3 is 2.74 bits per heavy atom. The third-order valence-electron chi connectivity index (χ3n) is 4.80. The van der Waals surface area contributed by atoms with E-state index in [1.54, 1.807) is 13.0 Å². The van der Waals surface area contributed by atoms with Gasteiger partial charge < -0.3 is 14.4 Å². The molecule has 0 saturated carbocycles. The van der Waals surface area contributed by atoms with Crippen LogP contribution in [0.3, 0.4) is 0 Å². The number of carbonyl (C=O) groups excluding carboxylic acids is 2. The molecule has 27 heavy (non-hydrogen) atoms. The Morgan fingerprint density at radius 1 is 1.33 bits per heavy atom. The fraction of sp³-hybridized carbons (Fsp3) is 0.474. The molecule has 8 heteroatoms. The van der Waals surface area contributed by atoms with Gasteiger partial charge in [0.15, 0.2) is 15.9 Å². The van der Waals surface area contributed by atoms with Gasteiger partial charge in [-0.25, -0.2) is 13.2 Å². The molecule has 2 atom stereocenters. The summed E-state index contributed by atoms with van der Waals surface area (Å²) >= 11 is 0. The number of amides is 1. The minimum absolute atomic E-state index is 0.0387. The fourth-order valence-corrected chi connectivity index (χ4v) is 5.10. The minimum Gasteiger partial charge on any atom is -0.488 e. The summed E-state index contributed by atoms with van der Waals surface area (Å²) in [5.74, 6) is -0.258. The first-order valence-corrected chi connectivity index (χ1v) is 10.8. The van der Waals surface area contributed by atoms with Crippen LogP contribution in [0.2, 0.25) is 0 Å². The Balaban J connectivity index is 1.66. The minimum atomic E-state index is -3.11. The molecular formula is C19H23NO6S. The van der Waals surface area contributed by atoms with Crippen LogP contribution in [0.1, 0.15) is 25.8 Å². The lowest BCUT2D eigenvalue weighted by molar-refractivity contribution is -0.157. The maximum absolute atomic E-state index is 12.7. The standard InChI is InChI=1S/C19H23NO6S/c1-3-20(16-8-9-27(23,24)12-16)18(21)13(2)26-19(22)15-10-14-6-4-5-7-17(14)25-11-15/h4-7,10,13,16H,3,8-9,11-12H2,1-2H3/t13-,16+/m0/s1. The van der Waals surface area contributed by atoms with Gasteiger partial charge in [-0.1, -0.05) is 18.2 Å². The summed E-state index contributed by atoms with van der Waals surface area (Å²) in [6, 6.07) is 6.97. The summed E-state index contributed by atoms with van der Waals surface area (Å²) in [6.45, 7) is 3.73. The average Bonchev–Trinajstić information content (AvgIpc) is 3.01. The smallest absolute Gasteiger partial charge is 0.338 e. The normalized spacial score (nSPS) is 21.4. The van der Waals surface area contributed by atoms with Gasteiger partial charge in [-0.3, -0.25) is 4.79 Å². The third kappa shape index (κ3) is 4.32. The van der Waals surface area contributed by atoms with Gasteiger partial charge in [-0.15, -0.1) is 0 Å². The zero-order chi connectivity index (χ0) is 19.6. The number of ether oxygens (including phenoxy) is 2. The van der Waals surface area contributed by atoms with Crippen LogP contribution < -0.4 is 4.74 Å². The van der Waals surface area contributed by atoms with Crippen LogP contribution in [0.15, 0.2) is 29.8 Å². The SMILES string of the molecule is CCN(C(=O)[C@H](C)OC(=O)C1=Cc2ccccc2OC1)[C@@H]1CCS(=O)(=O)C1. The van der Waals surface area contributed by atoms with E-state index >= 15 is 0 Å². The molecule has 2 aliphatic rings. The molecule has 0 radical (unpaired) electrons. The lowest BCUT2D eigenvalue weighted by Crippen LogP contribution is -2.46. The van der Waals surface area contributed by atoms with Crippen molar-refractivity contribution in [2.75, 3.05) is 24.7 Å². The number of hydrogen-bond acceptors (Lipinski definition) is 6. The number of para-hydroxylation sites is 1. The van der Waals surface area contributed by atoms with Gasteiger partial charge >= 0.3 is 5.97 Å². The van der Waals surface area contributed by atoms with E-state index in [-0.39, 0.29) is 30.1 Å². The van der Waals surface area contributed by atoms with E-state index in [0.29, 0.717) is 24.3 Å². The van der Waals surface area contributed by atoms with Crippen LogP contribution in [0.4, 0.5) is 0 Å². The number of benzene rings is 1. The number of nitrogens with zero attached hydrogens (tertiary/aromatic N) is 1. The molecule has 1 aromatic carbocycles. The summed E-state index contributed by atoms with van der Waals surface area (Å²) in [5, 5.41) is 0. The fourth-order valence-electron chi connectivity index (χ4n) is 3.37. The van der Waals surface area contributed by atoms with Gasteiger partial charge in [-0.2, -0.15) is 0 Å². The second-order valence-electron chi connectivity index (χ2n) is 6.72. The van der Waals surface area contributed by atoms with Crippen LogP contribution in [-0.4, -0.2) is 62.0 Å². The number of rotatable bonds is 5.